The lowest BCUT2D eigenvalue weighted by Gasteiger charge is -2.41. The predicted octanol–water partition coefficient (Wildman–Crippen LogP) is 3.86. The summed E-state index contributed by atoms with van der Waals surface area (Å²) >= 11 is 0. The maximum Gasteiger partial charge on any atom is 0.135 e. The van der Waals surface area contributed by atoms with Crippen LogP contribution in [0, 0.1) is 6.07 Å². The maximum atomic E-state index is 5.81. The topological polar surface area (TPSA) is 21.7 Å². The van der Waals surface area contributed by atoms with Gasteiger partial charge in [-0.2, -0.15) is 0 Å². The van der Waals surface area contributed by atoms with Crippen LogP contribution in [0.25, 0.3) is 0 Å². The molecule has 3 heteroatoms. The molecule has 0 amide bonds. The minimum Gasteiger partial charge on any atom is -0.457 e. The van der Waals surface area contributed by atoms with E-state index in [1.54, 1.807) is 0 Å². The van der Waals surface area contributed by atoms with Gasteiger partial charge in [-0.05, 0) is 61.7 Å². The number of rotatable bonds is 4. The molecule has 0 N–H and O–H groups in total. The van der Waals surface area contributed by atoms with Crippen LogP contribution >= 0.6 is 0 Å². The summed E-state index contributed by atoms with van der Waals surface area (Å²) in [5.41, 5.74) is 1.38. The van der Waals surface area contributed by atoms with Gasteiger partial charge in [0.15, 0.2) is 0 Å². The lowest BCUT2D eigenvalue weighted by Crippen LogP contribution is -2.51. The average Bonchev–Trinajstić information content (AvgIpc) is 2.56. The number of hydrogen-bond acceptors (Lipinski definition) is 3. The van der Waals surface area contributed by atoms with Gasteiger partial charge in [0.2, 0.25) is 0 Å². The summed E-state index contributed by atoms with van der Waals surface area (Å²) < 4.78 is 11.1. The summed E-state index contributed by atoms with van der Waals surface area (Å²) in [5, 5.41) is 0. The van der Waals surface area contributed by atoms with Gasteiger partial charge in [-0.1, -0.05) is 24.3 Å². The van der Waals surface area contributed by atoms with Crippen LogP contribution in [0.1, 0.15) is 24.3 Å². The van der Waals surface area contributed by atoms with Crippen LogP contribution in [-0.2, 0) is 4.74 Å². The Morgan fingerprint density at radius 2 is 1.78 bits per heavy atom. The van der Waals surface area contributed by atoms with Crippen LogP contribution in [0.2, 0.25) is 0 Å². The van der Waals surface area contributed by atoms with Gasteiger partial charge in [0.25, 0.3) is 0 Å². The molecule has 2 aliphatic heterocycles. The fourth-order valence-corrected chi connectivity index (χ4v) is 3.39. The smallest absolute Gasteiger partial charge is 0.135 e. The number of para-hydroxylation sites is 1. The standard InChI is InChI=1S/C20H22NO2/c1-2-4-19(5-3-1)23-20-8-6-16(7-9-20)17-10-12-21(13-11-17)18-14-22-15-18/h1-8,17-18H,10-15H2. The summed E-state index contributed by atoms with van der Waals surface area (Å²) in [6.45, 7) is 4.20. The van der Waals surface area contributed by atoms with E-state index in [9.17, 15) is 0 Å². The Morgan fingerprint density at radius 3 is 2.39 bits per heavy atom. The molecule has 2 saturated heterocycles. The fourth-order valence-electron chi connectivity index (χ4n) is 3.39. The third-order valence-electron chi connectivity index (χ3n) is 4.92. The van der Waals surface area contributed by atoms with E-state index in [0.29, 0.717) is 12.0 Å². The molecule has 0 atom stereocenters. The van der Waals surface area contributed by atoms with Gasteiger partial charge in [-0.15, -0.1) is 0 Å². The third kappa shape index (κ3) is 3.41. The van der Waals surface area contributed by atoms with Gasteiger partial charge >= 0.3 is 0 Å². The Labute approximate surface area is 137 Å². The van der Waals surface area contributed by atoms with Crippen molar-refractivity contribution in [3.8, 4) is 11.5 Å². The van der Waals surface area contributed by atoms with Gasteiger partial charge in [-0.3, -0.25) is 4.90 Å². The molecule has 2 aromatic rings. The molecule has 0 saturated carbocycles. The van der Waals surface area contributed by atoms with E-state index in [1.165, 1.54) is 31.5 Å². The van der Waals surface area contributed by atoms with Crippen molar-refractivity contribution in [2.45, 2.75) is 24.8 Å². The van der Waals surface area contributed by atoms with E-state index >= 15 is 0 Å². The van der Waals surface area contributed by atoms with Gasteiger partial charge in [-0.25, -0.2) is 0 Å². The van der Waals surface area contributed by atoms with Crippen molar-refractivity contribution in [2.75, 3.05) is 26.3 Å². The second kappa shape index (κ2) is 6.73. The molecular formula is C20H22NO2. The van der Waals surface area contributed by atoms with Crippen LogP contribution in [0.4, 0.5) is 0 Å². The minimum absolute atomic E-state index is 0.647. The van der Waals surface area contributed by atoms with Crippen molar-refractivity contribution in [3.63, 3.8) is 0 Å². The zero-order chi connectivity index (χ0) is 15.5. The summed E-state index contributed by atoms with van der Waals surface area (Å²) in [6, 6.07) is 20.1. The summed E-state index contributed by atoms with van der Waals surface area (Å²) in [7, 11) is 0. The number of hydrogen-bond donors (Lipinski definition) is 0. The first-order chi connectivity index (χ1) is 11.4. The van der Waals surface area contributed by atoms with E-state index in [4.69, 9.17) is 9.47 Å². The zero-order valence-electron chi connectivity index (χ0n) is 13.3. The molecule has 0 unspecified atom stereocenters. The number of nitrogens with zero attached hydrogens (tertiary/aromatic N) is 1. The third-order valence-corrected chi connectivity index (χ3v) is 4.92. The molecule has 2 heterocycles. The lowest BCUT2D eigenvalue weighted by atomic mass is 9.88. The highest BCUT2D eigenvalue weighted by atomic mass is 16.5. The fraction of sp³-hybridized carbons (Fsp3) is 0.400. The largest absolute Gasteiger partial charge is 0.457 e. The number of likely N-dealkylation sites (tertiary alicyclic amines) is 1. The van der Waals surface area contributed by atoms with E-state index in [2.05, 4.69) is 23.1 Å². The number of ether oxygens (including phenoxy) is 2. The number of benzene rings is 2. The predicted molar refractivity (Wildman–Crippen MR) is 89.9 cm³/mol. The van der Waals surface area contributed by atoms with Crippen molar-refractivity contribution in [2.24, 2.45) is 0 Å². The molecule has 4 rings (SSSR count). The van der Waals surface area contributed by atoms with Crippen molar-refractivity contribution >= 4 is 0 Å². The van der Waals surface area contributed by atoms with Crippen LogP contribution in [0.15, 0.2) is 48.5 Å². The molecule has 2 fully saturated rings. The van der Waals surface area contributed by atoms with Gasteiger partial charge < -0.3 is 9.47 Å². The Bertz CT molecular complexity index is 614. The van der Waals surface area contributed by atoms with Crippen LogP contribution in [0.5, 0.6) is 11.5 Å². The Hall–Kier alpha value is -1.84. The second-order valence-corrected chi connectivity index (χ2v) is 6.40. The van der Waals surface area contributed by atoms with Crippen molar-refractivity contribution in [1.29, 1.82) is 0 Å². The Balaban J connectivity index is 1.35. The van der Waals surface area contributed by atoms with Gasteiger partial charge in [0.1, 0.15) is 11.5 Å². The quantitative estimate of drug-likeness (QED) is 0.856. The summed E-state index contributed by atoms with van der Waals surface area (Å²) in [6.07, 6.45) is 2.45. The molecule has 0 bridgehead atoms. The molecule has 23 heavy (non-hydrogen) atoms. The molecule has 2 aliphatic rings. The molecule has 0 spiro atoms. The van der Waals surface area contributed by atoms with Crippen LogP contribution < -0.4 is 4.74 Å². The minimum atomic E-state index is 0.647. The molecular weight excluding hydrogens is 286 g/mol. The first kappa shape index (κ1) is 14.7. The number of piperidine rings is 1. The average molecular weight is 308 g/mol. The molecule has 3 nitrogen and oxygen atoms in total. The first-order valence-corrected chi connectivity index (χ1v) is 8.45. The highest BCUT2D eigenvalue weighted by molar-refractivity contribution is 5.33. The van der Waals surface area contributed by atoms with Crippen molar-refractivity contribution < 1.29 is 9.47 Å². The molecule has 1 radical (unpaired) electrons. The first-order valence-electron chi connectivity index (χ1n) is 8.45. The molecule has 119 valence electrons. The SMILES string of the molecule is [c]1cc(C2CCN(C3COC3)CC2)ccc1Oc1ccccc1. The van der Waals surface area contributed by atoms with E-state index in [1.807, 2.05) is 36.4 Å². The van der Waals surface area contributed by atoms with Crippen molar-refractivity contribution in [3.05, 3.63) is 60.2 Å². The molecule has 2 aromatic carbocycles. The van der Waals surface area contributed by atoms with Gasteiger partial charge in [0.05, 0.1) is 19.3 Å². The Morgan fingerprint density at radius 1 is 1.00 bits per heavy atom. The monoisotopic (exact) mass is 308 g/mol. The molecule has 0 aliphatic carbocycles. The normalized spacial score (nSPS) is 20.2. The molecule has 0 aromatic heterocycles. The van der Waals surface area contributed by atoms with E-state index < -0.39 is 0 Å². The van der Waals surface area contributed by atoms with Gasteiger partial charge in [0, 0.05) is 6.07 Å². The van der Waals surface area contributed by atoms with Crippen molar-refractivity contribution in [1.82, 2.24) is 4.90 Å². The van der Waals surface area contributed by atoms with E-state index in [0.717, 1.165) is 24.7 Å². The second-order valence-electron chi connectivity index (χ2n) is 6.40. The Kier molecular flexibility index (Phi) is 4.31. The highest BCUT2D eigenvalue weighted by Crippen LogP contribution is 2.31. The summed E-state index contributed by atoms with van der Waals surface area (Å²) in [4.78, 5) is 2.58. The maximum absolute atomic E-state index is 5.81. The summed E-state index contributed by atoms with van der Waals surface area (Å²) in [5.74, 6) is 2.28. The van der Waals surface area contributed by atoms with E-state index in [-0.39, 0.29) is 0 Å². The van der Waals surface area contributed by atoms with Crippen LogP contribution in [0.3, 0.4) is 0 Å². The lowest BCUT2D eigenvalue weighted by molar-refractivity contribution is -0.0712. The van der Waals surface area contributed by atoms with Crippen LogP contribution in [-0.4, -0.2) is 37.2 Å². The highest BCUT2D eigenvalue weighted by Gasteiger charge is 2.29. The zero-order valence-corrected chi connectivity index (χ0v) is 13.3.